The molecule has 0 radical (unpaired) electrons. The summed E-state index contributed by atoms with van der Waals surface area (Å²) in [5.74, 6) is 0. The van der Waals surface area contributed by atoms with Gasteiger partial charge in [0, 0.05) is 17.6 Å². The molecule has 0 saturated heterocycles. The van der Waals surface area contributed by atoms with E-state index in [1.54, 1.807) is 0 Å². The fraction of sp³-hybridized carbons (Fsp3) is 1.00. The van der Waals surface area contributed by atoms with E-state index >= 15 is 0 Å². The Morgan fingerprint density at radius 1 is 1.06 bits per heavy atom. The normalized spacial score (nSPS) is 22.1. The third kappa shape index (κ3) is 3.46. The molecule has 16 heavy (non-hydrogen) atoms. The summed E-state index contributed by atoms with van der Waals surface area (Å²) in [6, 6.07) is 0. The first-order valence-corrected chi connectivity index (χ1v) is 6.70. The van der Waals surface area contributed by atoms with Crippen molar-refractivity contribution >= 4 is 0 Å². The highest BCUT2D eigenvalue weighted by Crippen LogP contribution is 2.31. The van der Waals surface area contributed by atoms with Gasteiger partial charge in [-0.05, 0) is 39.0 Å². The minimum atomic E-state index is -0.134. The summed E-state index contributed by atoms with van der Waals surface area (Å²) < 4.78 is 0. The SMILES string of the molecule is CC1(NCC(C)(C)C(C)(C)N)CCCCC1. The van der Waals surface area contributed by atoms with Crippen molar-refractivity contribution in [2.24, 2.45) is 11.1 Å². The van der Waals surface area contributed by atoms with Crippen molar-refractivity contribution in [3.05, 3.63) is 0 Å². The molecular formula is C14H30N2. The Kier molecular flexibility index (Phi) is 4.07. The molecule has 1 aliphatic rings. The average Bonchev–Trinajstić information content (AvgIpc) is 2.15. The standard InChI is InChI=1S/C14H30N2/c1-12(2,13(3,4)15)11-16-14(5)9-7-6-8-10-14/h16H,6-11,15H2,1-5H3. The van der Waals surface area contributed by atoms with Crippen molar-refractivity contribution in [1.82, 2.24) is 5.32 Å². The molecule has 96 valence electrons. The van der Waals surface area contributed by atoms with E-state index in [4.69, 9.17) is 5.73 Å². The van der Waals surface area contributed by atoms with E-state index in [-0.39, 0.29) is 11.0 Å². The van der Waals surface area contributed by atoms with Crippen molar-refractivity contribution in [2.45, 2.75) is 77.8 Å². The first-order chi connectivity index (χ1) is 7.16. The lowest BCUT2D eigenvalue weighted by Crippen LogP contribution is -2.56. The van der Waals surface area contributed by atoms with Crippen LogP contribution in [-0.2, 0) is 0 Å². The van der Waals surface area contributed by atoms with Crippen LogP contribution in [0.3, 0.4) is 0 Å². The minimum Gasteiger partial charge on any atom is -0.325 e. The zero-order valence-corrected chi connectivity index (χ0v) is 11.8. The van der Waals surface area contributed by atoms with Gasteiger partial charge in [-0.25, -0.2) is 0 Å². The molecule has 0 aliphatic heterocycles. The van der Waals surface area contributed by atoms with Gasteiger partial charge in [0.05, 0.1) is 0 Å². The first-order valence-electron chi connectivity index (χ1n) is 6.70. The number of nitrogens with one attached hydrogen (secondary N) is 1. The van der Waals surface area contributed by atoms with Crippen molar-refractivity contribution in [1.29, 1.82) is 0 Å². The third-order valence-corrected chi connectivity index (χ3v) is 4.66. The molecule has 2 nitrogen and oxygen atoms in total. The highest BCUT2D eigenvalue weighted by molar-refractivity contribution is 4.95. The Morgan fingerprint density at radius 3 is 2.00 bits per heavy atom. The van der Waals surface area contributed by atoms with Crippen LogP contribution in [0.4, 0.5) is 0 Å². The van der Waals surface area contributed by atoms with Gasteiger partial charge in [-0.2, -0.15) is 0 Å². The van der Waals surface area contributed by atoms with Crippen LogP contribution in [0.5, 0.6) is 0 Å². The predicted octanol–water partition coefficient (Wildman–Crippen LogP) is 3.06. The number of nitrogens with two attached hydrogens (primary N) is 1. The largest absolute Gasteiger partial charge is 0.325 e. The van der Waals surface area contributed by atoms with Crippen LogP contribution < -0.4 is 11.1 Å². The molecule has 1 saturated carbocycles. The van der Waals surface area contributed by atoms with Gasteiger partial charge in [0.1, 0.15) is 0 Å². The Labute approximate surface area is 101 Å². The molecule has 1 fully saturated rings. The van der Waals surface area contributed by atoms with Gasteiger partial charge in [0.25, 0.3) is 0 Å². The molecule has 0 aromatic carbocycles. The molecule has 0 bridgehead atoms. The van der Waals surface area contributed by atoms with Gasteiger partial charge in [0.15, 0.2) is 0 Å². The maximum Gasteiger partial charge on any atom is 0.0161 e. The van der Waals surface area contributed by atoms with Crippen LogP contribution in [0.2, 0.25) is 0 Å². The highest BCUT2D eigenvalue weighted by Gasteiger charge is 2.35. The predicted molar refractivity (Wildman–Crippen MR) is 71.5 cm³/mol. The number of hydrogen-bond donors (Lipinski definition) is 2. The van der Waals surface area contributed by atoms with Crippen molar-refractivity contribution in [3.8, 4) is 0 Å². The van der Waals surface area contributed by atoms with Crippen LogP contribution in [0.15, 0.2) is 0 Å². The molecule has 2 heteroatoms. The van der Waals surface area contributed by atoms with E-state index in [2.05, 4.69) is 39.9 Å². The molecule has 0 amide bonds. The van der Waals surface area contributed by atoms with Crippen molar-refractivity contribution in [2.75, 3.05) is 6.54 Å². The second-order valence-electron chi connectivity index (χ2n) is 7.08. The zero-order chi connectivity index (χ0) is 12.4. The maximum atomic E-state index is 6.23. The van der Waals surface area contributed by atoms with E-state index in [9.17, 15) is 0 Å². The van der Waals surface area contributed by atoms with Gasteiger partial charge in [-0.3, -0.25) is 0 Å². The average molecular weight is 226 g/mol. The number of hydrogen-bond acceptors (Lipinski definition) is 2. The third-order valence-electron chi connectivity index (χ3n) is 4.66. The van der Waals surface area contributed by atoms with Crippen LogP contribution in [0, 0.1) is 5.41 Å². The molecule has 0 atom stereocenters. The Hall–Kier alpha value is -0.0800. The summed E-state index contributed by atoms with van der Waals surface area (Å²) in [6.45, 7) is 12.1. The first kappa shape index (κ1) is 14.0. The molecule has 0 heterocycles. The minimum absolute atomic E-state index is 0.132. The van der Waals surface area contributed by atoms with Gasteiger partial charge in [0.2, 0.25) is 0 Å². The second kappa shape index (κ2) is 4.66. The second-order valence-corrected chi connectivity index (χ2v) is 7.08. The summed E-state index contributed by atoms with van der Waals surface area (Å²) in [7, 11) is 0. The smallest absolute Gasteiger partial charge is 0.0161 e. The van der Waals surface area contributed by atoms with E-state index < -0.39 is 0 Å². The Balaban J connectivity index is 2.50. The summed E-state index contributed by atoms with van der Waals surface area (Å²) in [5, 5.41) is 3.76. The molecule has 3 N–H and O–H groups in total. The van der Waals surface area contributed by atoms with Crippen LogP contribution in [-0.4, -0.2) is 17.6 Å². The van der Waals surface area contributed by atoms with Crippen molar-refractivity contribution < 1.29 is 0 Å². The van der Waals surface area contributed by atoms with E-state index in [0.717, 1.165) is 6.54 Å². The summed E-state index contributed by atoms with van der Waals surface area (Å²) in [5.41, 5.74) is 6.58. The van der Waals surface area contributed by atoms with Crippen LogP contribution >= 0.6 is 0 Å². The van der Waals surface area contributed by atoms with Crippen LogP contribution in [0.25, 0.3) is 0 Å². The molecule has 0 aromatic rings. The lowest BCUT2D eigenvalue weighted by molar-refractivity contribution is 0.154. The Morgan fingerprint density at radius 2 is 1.56 bits per heavy atom. The van der Waals surface area contributed by atoms with Gasteiger partial charge >= 0.3 is 0 Å². The molecule has 0 aromatic heterocycles. The zero-order valence-electron chi connectivity index (χ0n) is 11.8. The van der Waals surface area contributed by atoms with E-state index in [1.165, 1.54) is 32.1 Å². The molecule has 1 rings (SSSR count). The number of rotatable bonds is 4. The molecule has 0 spiro atoms. The van der Waals surface area contributed by atoms with Gasteiger partial charge < -0.3 is 11.1 Å². The lowest BCUT2D eigenvalue weighted by Gasteiger charge is -2.43. The lowest BCUT2D eigenvalue weighted by atomic mass is 9.74. The maximum absolute atomic E-state index is 6.23. The molecule has 0 unspecified atom stereocenters. The van der Waals surface area contributed by atoms with Crippen molar-refractivity contribution in [3.63, 3.8) is 0 Å². The fourth-order valence-electron chi connectivity index (χ4n) is 2.17. The monoisotopic (exact) mass is 226 g/mol. The molecule has 1 aliphatic carbocycles. The van der Waals surface area contributed by atoms with Gasteiger partial charge in [-0.1, -0.05) is 33.1 Å². The van der Waals surface area contributed by atoms with Crippen LogP contribution in [0.1, 0.15) is 66.7 Å². The Bertz CT molecular complexity index is 219. The summed E-state index contributed by atoms with van der Waals surface area (Å²) >= 11 is 0. The summed E-state index contributed by atoms with van der Waals surface area (Å²) in [4.78, 5) is 0. The fourth-order valence-corrected chi connectivity index (χ4v) is 2.17. The quantitative estimate of drug-likeness (QED) is 0.773. The summed E-state index contributed by atoms with van der Waals surface area (Å²) in [6.07, 6.45) is 6.77. The van der Waals surface area contributed by atoms with E-state index in [0.29, 0.717) is 5.54 Å². The highest BCUT2D eigenvalue weighted by atomic mass is 15.0. The van der Waals surface area contributed by atoms with E-state index in [1.807, 2.05) is 0 Å². The topological polar surface area (TPSA) is 38.0 Å². The molecular weight excluding hydrogens is 196 g/mol. The van der Waals surface area contributed by atoms with Gasteiger partial charge in [-0.15, -0.1) is 0 Å².